The monoisotopic (exact) mass is 351 g/mol. The summed E-state index contributed by atoms with van der Waals surface area (Å²) < 4.78 is 43.2. The summed E-state index contributed by atoms with van der Waals surface area (Å²) in [6.07, 6.45) is -2.51. The number of anilines is 1. The van der Waals surface area contributed by atoms with E-state index in [2.05, 4.69) is 10.3 Å². The average molecular weight is 351 g/mol. The second kappa shape index (κ2) is 6.54. The number of piperidine rings is 1. The molecule has 23 heavy (non-hydrogen) atoms. The highest BCUT2D eigenvalue weighted by molar-refractivity contribution is 7.15. The van der Waals surface area contributed by atoms with Crippen molar-refractivity contribution < 1.29 is 22.7 Å². The average Bonchev–Trinajstić information content (AvgIpc) is 2.85. The quantitative estimate of drug-likeness (QED) is 0.884. The molecule has 0 radical (unpaired) electrons. The number of carbonyl (C=O) groups is 1. The minimum absolute atomic E-state index is 0.170. The summed E-state index contributed by atoms with van der Waals surface area (Å²) in [5.41, 5.74) is -0.588. The van der Waals surface area contributed by atoms with E-state index in [4.69, 9.17) is 4.74 Å². The van der Waals surface area contributed by atoms with Gasteiger partial charge in [0.25, 0.3) is 0 Å². The van der Waals surface area contributed by atoms with Crippen LogP contribution in [0.1, 0.15) is 38.5 Å². The largest absolute Gasteiger partial charge is 0.444 e. The number of amides is 1. The molecule has 1 aromatic rings. The van der Waals surface area contributed by atoms with Gasteiger partial charge < -0.3 is 15.0 Å². The van der Waals surface area contributed by atoms with E-state index in [9.17, 15) is 18.0 Å². The lowest BCUT2D eigenvalue weighted by atomic mass is 10.1. The molecule has 5 nitrogen and oxygen atoms in total. The molecule has 0 spiro atoms. The SMILES string of the molecule is CC(C)(C)OC(=O)NC1CCCN(c2ncc(C(F)(F)F)s2)C1. The number of ether oxygens (including phenoxy) is 1. The predicted octanol–water partition coefficient (Wildman–Crippen LogP) is 3.66. The third-order valence-electron chi connectivity index (χ3n) is 3.19. The van der Waals surface area contributed by atoms with Gasteiger partial charge in [-0.15, -0.1) is 0 Å². The maximum atomic E-state index is 12.7. The lowest BCUT2D eigenvalue weighted by Crippen LogP contribution is -2.49. The van der Waals surface area contributed by atoms with E-state index in [-0.39, 0.29) is 6.04 Å². The van der Waals surface area contributed by atoms with Crippen LogP contribution in [0.25, 0.3) is 0 Å². The molecule has 1 atom stereocenters. The van der Waals surface area contributed by atoms with Crippen molar-refractivity contribution in [2.24, 2.45) is 0 Å². The molecule has 1 aliphatic heterocycles. The molecule has 1 aliphatic rings. The Kier molecular flexibility index (Phi) is 5.07. The van der Waals surface area contributed by atoms with E-state index in [1.807, 2.05) is 0 Å². The lowest BCUT2D eigenvalue weighted by molar-refractivity contribution is -0.134. The topological polar surface area (TPSA) is 54.5 Å². The van der Waals surface area contributed by atoms with Crippen molar-refractivity contribution in [3.05, 3.63) is 11.1 Å². The molecule has 0 aliphatic carbocycles. The first kappa shape index (κ1) is 17.8. The first-order valence-electron chi connectivity index (χ1n) is 7.32. The molecule has 9 heteroatoms. The summed E-state index contributed by atoms with van der Waals surface area (Å²) in [5, 5.41) is 3.09. The van der Waals surface area contributed by atoms with E-state index < -0.39 is 22.7 Å². The van der Waals surface area contributed by atoms with Crippen LogP contribution in [0.4, 0.5) is 23.1 Å². The van der Waals surface area contributed by atoms with Crippen molar-refractivity contribution in [2.45, 2.75) is 51.4 Å². The second-order valence-electron chi connectivity index (χ2n) is 6.44. The maximum absolute atomic E-state index is 12.7. The van der Waals surface area contributed by atoms with E-state index in [1.54, 1.807) is 25.7 Å². The van der Waals surface area contributed by atoms with Crippen molar-refractivity contribution in [3.63, 3.8) is 0 Å². The standard InChI is InChI=1S/C14H20F3N3O2S/c1-13(2,3)22-12(21)19-9-5-4-6-20(8-9)11-18-7-10(23-11)14(15,16)17/h7,9H,4-6,8H2,1-3H3,(H,19,21). The van der Waals surface area contributed by atoms with Gasteiger partial charge in [0.05, 0.1) is 6.20 Å². The fraction of sp³-hybridized carbons (Fsp3) is 0.714. The van der Waals surface area contributed by atoms with Crippen LogP contribution in [0.3, 0.4) is 0 Å². The number of nitrogens with zero attached hydrogens (tertiary/aromatic N) is 2. The van der Waals surface area contributed by atoms with Crippen LogP contribution >= 0.6 is 11.3 Å². The fourth-order valence-electron chi connectivity index (χ4n) is 2.29. The van der Waals surface area contributed by atoms with E-state index in [0.717, 1.165) is 19.0 Å². The zero-order valence-electron chi connectivity index (χ0n) is 13.2. The van der Waals surface area contributed by atoms with Crippen molar-refractivity contribution in [1.29, 1.82) is 0 Å². The van der Waals surface area contributed by atoms with Gasteiger partial charge in [0, 0.05) is 19.1 Å². The highest BCUT2D eigenvalue weighted by Crippen LogP contribution is 2.36. The minimum Gasteiger partial charge on any atom is -0.444 e. The van der Waals surface area contributed by atoms with Gasteiger partial charge >= 0.3 is 12.3 Å². The summed E-state index contributed by atoms with van der Waals surface area (Å²) >= 11 is 0.623. The maximum Gasteiger partial charge on any atom is 0.427 e. The molecule has 0 bridgehead atoms. The Balaban J connectivity index is 1.96. The summed E-state index contributed by atoms with van der Waals surface area (Å²) in [6, 6.07) is -0.170. The number of rotatable bonds is 2. The van der Waals surface area contributed by atoms with Crippen molar-refractivity contribution in [3.8, 4) is 0 Å². The number of thiazole rings is 1. The van der Waals surface area contributed by atoms with Crippen LogP contribution in [0.5, 0.6) is 0 Å². The highest BCUT2D eigenvalue weighted by atomic mass is 32.1. The smallest absolute Gasteiger partial charge is 0.427 e. The van der Waals surface area contributed by atoms with Crippen molar-refractivity contribution in [1.82, 2.24) is 10.3 Å². The van der Waals surface area contributed by atoms with Crippen LogP contribution in [0.2, 0.25) is 0 Å². The van der Waals surface area contributed by atoms with E-state index in [1.165, 1.54) is 0 Å². The Hall–Kier alpha value is -1.51. The number of aromatic nitrogens is 1. The second-order valence-corrected chi connectivity index (χ2v) is 7.45. The lowest BCUT2D eigenvalue weighted by Gasteiger charge is -2.33. The first-order chi connectivity index (χ1) is 10.5. The number of carbonyl (C=O) groups excluding carboxylic acids is 1. The van der Waals surface area contributed by atoms with Gasteiger partial charge in [-0.25, -0.2) is 9.78 Å². The van der Waals surface area contributed by atoms with Crippen LogP contribution in [-0.4, -0.2) is 35.8 Å². The number of alkyl carbamates (subject to hydrolysis) is 1. The van der Waals surface area contributed by atoms with Crippen molar-refractivity contribution >= 4 is 22.6 Å². The Bertz CT molecular complexity index is 554. The van der Waals surface area contributed by atoms with Crippen LogP contribution < -0.4 is 10.2 Å². The molecule has 1 N–H and O–H groups in total. The van der Waals surface area contributed by atoms with Crippen molar-refractivity contribution in [2.75, 3.05) is 18.0 Å². The van der Waals surface area contributed by atoms with Gasteiger partial charge in [0.2, 0.25) is 0 Å². The normalized spacial score (nSPS) is 19.6. The summed E-state index contributed by atoms with van der Waals surface area (Å²) in [4.78, 5) is 16.7. The van der Waals surface area contributed by atoms with Gasteiger partial charge in [-0.05, 0) is 33.6 Å². The van der Waals surface area contributed by atoms with E-state index in [0.29, 0.717) is 29.6 Å². The summed E-state index contributed by atoms with van der Waals surface area (Å²) in [5.74, 6) is 0. The zero-order valence-corrected chi connectivity index (χ0v) is 14.1. The van der Waals surface area contributed by atoms with Crippen LogP contribution in [0, 0.1) is 0 Å². The van der Waals surface area contributed by atoms with Gasteiger partial charge in [0.15, 0.2) is 5.13 Å². The summed E-state index contributed by atoms with van der Waals surface area (Å²) in [6.45, 7) is 6.36. The number of hydrogen-bond donors (Lipinski definition) is 1. The summed E-state index contributed by atoms with van der Waals surface area (Å²) in [7, 11) is 0. The number of nitrogens with one attached hydrogen (secondary N) is 1. The minimum atomic E-state index is -4.38. The number of halogens is 3. The Morgan fingerprint density at radius 1 is 1.43 bits per heavy atom. The first-order valence-corrected chi connectivity index (χ1v) is 8.14. The van der Waals surface area contributed by atoms with Gasteiger partial charge in [-0.1, -0.05) is 11.3 Å². The molecule has 0 saturated carbocycles. The van der Waals surface area contributed by atoms with Crippen LogP contribution in [0.15, 0.2) is 6.20 Å². The molecule has 1 aromatic heterocycles. The molecule has 1 saturated heterocycles. The van der Waals surface area contributed by atoms with Crippen LogP contribution in [-0.2, 0) is 10.9 Å². The highest BCUT2D eigenvalue weighted by Gasteiger charge is 2.34. The third-order valence-corrected chi connectivity index (χ3v) is 4.29. The Morgan fingerprint density at radius 2 is 2.13 bits per heavy atom. The zero-order chi connectivity index (χ0) is 17.3. The Morgan fingerprint density at radius 3 is 2.70 bits per heavy atom. The molecule has 2 rings (SSSR count). The molecule has 0 aromatic carbocycles. The molecule has 130 valence electrons. The third kappa shape index (κ3) is 5.26. The van der Waals surface area contributed by atoms with Gasteiger partial charge in [-0.2, -0.15) is 13.2 Å². The molecular weight excluding hydrogens is 331 g/mol. The Labute approximate surface area is 136 Å². The van der Waals surface area contributed by atoms with Gasteiger partial charge in [-0.3, -0.25) is 0 Å². The molecule has 1 amide bonds. The van der Waals surface area contributed by atoms with Gasteiger partial charge in [0.1, 0.15) is 10.5 Å². The number of hydrogen-bond acceptors (Lipinski definition) is 5. The number of alkyl halides is 3. The molecule has 1 fully saturated rings. The predicted molar refractivity (Wildman–Crippen MR) is 81.7 cm³/mol. The molecule has 1 unspecified atom stereocenters. The van der Waals surface area contributed by atoms with E-state index >= 15 is 0 Å². The molecule has 2 heterocycles. The fourth-order valence-corrected chi connectivity index (χ4v) is 3.10. The molecular formula is C14H20F3N3O2S.